The molecule has 0 unspecified atom stereocenters. The van der Waals surface area contributed by atoms with Gasteiger partial charge in [0.2, 0.25) is 0 Å². The first-order valence-electron chi connectivity index (χ1n) is 9.48. The van der Waals surface area contributed by atoms with E-state index in [1.165, 1.54) is 69.8 Å². The summed E-state index contributed by atoms with van der Waals surface area (Å²) in [6.45, 7) is 6.83. The third-order valence-corrected chi connectivity index (χ3v) is 5.17. The minimum absolute atomic E-state index is 0.173. The predicted molar refractivity (Wildman–Crippen MR) is 97.6 cm³/mol. The fourth-order valence-corrected chi connectivity index (χ4v) is 3.64. The molecule has 0 saturated carbocycles. The molecule has 0 aliphatic carbocycles. The van der Waals surface area contributed by atoms with Gasteiger partial charge in [0.25, 0.3) is 0 Å². The van der Waals surface area contributed by atoms with Crippen LogP contribution in [0.25, 0.3) is 0 Å². The van der Waals surface area contributed by atoms with Crippen molar-refractivity contribution in [3.8, 4) is 5.75 Å². The van der Waals surface area contributed by atoms with E-state index in [0.29, 0.717) is 5.75 Å². The van der Waals surface area contributed by atoms with Gasteiger partial charge in [0.15, 0.2) is 0 Å². The van der Waals surface area contributed by atoms with Gasteiger partial charge >= 0.3 is 0 Å². The highest BCUT2D eigenvalue weighted by molar-refractivity contribution is 5.38. The third kappa shape index (κ3) is 5.66. The number of hydrogen-bond donors (Lipinski definition) is 1. The van der Waals surface area contributed by atoms with E-state index in [1.54, 1.807) is 0 Å². The summed E-state index contributed by atoms with van der Waals surface area (Å²) in [5.74, 6) is 0.496. The zero-order valence-electron chi connectivity index (χ0n) is 15.0. The number of unbranched alkanes of at least 4 members (excludes halogenated alkanes) is 6. The largest absolute Gasteiger partial charge is 0.508 e. The number of hydrogen-bond acceptors (Lipinski definition) is 1. The minimum Gasteiger partial charge on any atom is -0.508 e. The van der Waals surface area contributed by atoms with E-state index in [1.807, 2.05) is 12.1 Å². The Bertz CT molecular complexity index is 385. The van der Waals surface area contributed by atoms with Crippen LogP contribution < -0.4 is 0 Å². The molecule has 1 N–H and O–H groups in total. The van der Waals surface area contributed by atoms with Crippen molar-refractivity contribution >= 4 is 0 Å². The van der Waals surface area contributed by atoms with Gasteiger partial charge in [0, 0.05) is 5.56 Å². The van der Waals surface area contributed by atoms with E-state index in [4.69, 9.17) is 0 Å². The second kappa shape index (κ2) is 10.7. The number of benzene rings is 1. The van der Waals surface area contributed by atoms with Crippen molar-refractivity contribution < 1.29 is 5.11 Å². The molecule has 0 spiro atoms. The number of para-hydroxylation sites is 1. The summed E-state index contributed by atoms with van der Waals surface area (Å²) in [5, 5.41) is 10.4. The van der Waals surface area contributed by atoms with Crippen LogP contribution in [0.3, 0.4) is 0 Å². The van der Waals surface area contributed by atoms with Crippen molar-refractivity contribution in [3.63, 3.8) is 0 Å². The smallest absolute Gasteiger partial charge is 0.119 e. The summed E-state index contributed by atoms with van der Waals surface area (Å²) in [7, 11) is 0. The molecule has 0 saturated heterocycles. The number of rotatable bonds is 12. The summed E-state index contributed by atoms with van der Waals surface area (Å²) in [4.78, 5) is 0. The van der Waals surface area contributed by atoms with Crippen LogP contribution in [0.1, 0.15) is 97.0 Å². The van der Waals surface area contributed by atoms with Crippen LogP contribution >= 0.6 is 0 Å². The zero-order valence-corrected chi connectivity index (χ0v) is 15.0. The molecule has 22 heavy (non-hydrogen) atoms. The second-order valence-corrected chi connectivity index (χ2v) is 6.77. The average Bonchev–Trinajstić information content (AvgIpc) is 2.54. The monoisotopic (exact) mass is 304 g/mol. The lowest BCUT2D eigenvalue weighted by Crippen LogP contribution is -2.25. The van der Waals surface area contributed by atoms with Gasteiger partial charge in [0.1, 0.15) is 5.75 Å². The maximum absolute atomic E-state index is 10.4. The number of aromatic hydroxyl groups is 1. The Kier molecular flexibility index (Phi) is 9.27. The van der Waals surface area contributed by atoms with E-state index < -0.39 is 0 Å². The van der Waals surface area contributed by atoms with E-state index in [2.05, 4.69) is 32.9 Å². The van der Waals surface area contributed by atoms with E-state index in [0.717, 1.165) is 6.42 Å². The Morgan fingerprint density at radius 3 is 1.77 bits per heavy atom. The Labute approximate surface area is 138 Å². The zero-order chi connectivity index (χ0) is 16.3. The van der Waals surface area contributed by atoms with Crippen molar-refractivity contribution in [2.45, 2.75) is 96.8 Å². The molecule has 0 aliphatic rings. The molecule has 0 amide bonds. The lowest BCUT2D eigenvalue weighted by Gasteiger charge is -2.34. The lowest BCUT2D eigenvalue weighted by molar-refractivity contribution is 0.310. The fraction of sp³-hybridized carbons (Fsp3) is 0.714. The maximum atomic E-state index is 10.4. The molecule has 1 aromatic rings. The number of phenols is 1. The van der Waals surface area contributed by atoms with Gasteiger partial charge in [0.05, 0.1) is 0 Å². The van der Waals surface area contributed by atoms with Gasteiger partial charge in [-0.05, 0) is 30.7 Å². The van der Waals surface area contributed by atoms with Crippen molar-refractivity contribution in [1.82, 2.24) is 0 Å². The molecule has 0 bridgehead atoms. The molecule has 0 fully saturated rings. The van der Waals surface area contributed by atoms with Gasteiger partial charge in [-0.25, -0.2) is 0 Å². The van der Waals surface area contributed by atoms with E-state index >= 15 is 0 Å². The average molecular weight is 305 g/mol. The first-order chi connectivity index (χ1) is 10.7. The second-order valence-electron chi connectivity index (χ2n) is 6.77. The Morgan fingerprint density at radius 2 is 1.32 bits per heavy atom. The molecule has 0 aliphatic heterocycles. The standard InChI is InChI=1S/C21H36O/c1-4-7-9-13-17-21(6-3,18-14-10-8-5-2)19-15-11-12-16-20(19)22/h11-12,15-16,22H,4-10,13-14,17-18H2,1-3H3. The third-order valence-electron chi connectivity index (χ3n) is 5.17. The van der Waals surface area contributed by atoms with Gasteiger partial charge in [-0.2, -0.15) is 0 Å². The highest BCUT2D eigenvalue weighted by Crippen LogP contribution is 2.42. The molecule has 0 heterocycles. The summed E-state index contributed by atoms with van der Waals surface area (Å²) in [6, 6.07) is 8.03. The SMILES string of the molecule is CCCCCCC(CC)(CCCCCC)c1ccccc1O. The number of phenolic OH excluding ortho intramolecular Hbond substituents is 1. The van der Waals surface area contributed by atoms with E-state index in [-0.39, 0.29) is 5.41 Å². The van der Waals surface area contributed by atoms with Gasteiger partial charge in [-0.15, -0.1) is 0 Å². The molecule has 0 radical (unpaired) electrons. The molecular formula is C21H36O. The van der Waals surface area contributed by atoms with Crippen LogP contribution in [0.2, 0.25) is 0 Å². The maximum Gasteiger partial charge on any atom is 0.119 e. The lowest BCUT2D eigenvalue weighted by atomic mass is 9.70. The summed E-state index contributed by atoms with van der Waals surface area (Å²) in [5.41, 5.74) is 1.36. The van der Waals surface area contributed by atoms with Crippen LogP contribution in [0.5, 0.6) is 5.75 Å². The normalized spacial score (nSPS) is 11.8. The Balaban J connectivity index is 2.83. The van der Waals surface area contributed by atoms with Crippen molar-refractivity contribution in [3.05, 3.63) is 29.8 Å². The van der Waals surface area contributed by atoms with Crippen molar-refractivity contribution in [2.24, 2.45) is 0 Å². The van der Waals surface area contributed by atoms with Crippen molar-refractivity contribution in [2.75, 3.05) is 0 Å². The summed E-state index contributed by atoms with van der Waals surface area (Å²) >= 11 is 0. The molecular weight excluding hydrogens is 268 g/mol. The highest BCUT2D eigenvalue weighted by Gasteiger charge is 2.31. The van der Waals surface area contributed by atoms with Crippen LogP contribution in [-0.2, 0) is 5.41 Å². The van der Waals surface area contributed by atoms with Crippen LogP contribution in [0, 0.1) is 0 Å². The topological polar surface area (TPSA) is 20.2 Å². The molecule has 1 aromatic carbocycles. The Morgan fingerprint density at radius 1 is 0.773 bits per heavy atom. The first-order valence-corrected chi connectivity index (χ1v) is 9.48. The molecule has 1 nitrogen and oxygen atoms in total. The van der Waals surface area contributed by atoms with E-state index in [9.17, 15) is 5.11 Å². The Hall–Kier alpha value is -0.980. The molecule has 126 valence electrons. The quantitative estimate of drug-likeness (QED) is 0.413. The van der Waals surface area contributed by atoms with Crippen LogP contribution in [-0.4, -0.2) is 5.11 Å². The van der Waals surface area contributed by atoms with Crippen LogP contribution in [0.15, 0.2) is 24.3 Å². The van der Waals surface area contributed by atoms with Gasteiger partial charge in [-0.1, -0.05) is 90.3 Å². The molecule has 1 heteroatoms. The van der Waals surface area contributed by atoms with Gasteiger partial charge in [-0.3, -0.25) is 0 Å². The van der Waals surface area contributed by atoms with Crippen LogP contribution in [0.4, 0.5) is 0 Å². The summed E-state index contributed by atoms with van der Waals surface area (Å²) in [6.07, 6.45) is 14.0. The fourth-order valence-electron chi connectivity index (χ4n) is 3.64. The molecule has 0 aromatic heterocycles. The minimum atomic E-state index is 0.173. The molecule has 0 atom stereocenters. The highest BCUT2D eigenvalue weighted by atomic mass is 16.3. The predicted octanol–water partition coefficient (Wildman–Crippen LogP) is 6.98. The van der Waals surface area contributed by atoms with Crippen molar-refractivity contribution in [1.29, 1.82) is 0 Å². The molecule has 1 rings (SSSR count). The first kappa shape index (κ1) is 19.1. The van der Waals surface area contributed by atoms with Gasteiger partial charge < -0.3 is 5.11 Å². The summed E-state index contributed by atoms with van der Waals surface area (Å²) < 4.78 is 0.